The highest BCUT2D eigenvalue weighted by molar-refractivity contribution is 6.00. The second-order valence-corrected chi connectivity index (χ2v) is 28.9. The lowest BCUT2D eigenvalue weighted by atomic mass is 9.97. The maximum Gasteiger partial charge on any atom is 0.269 e. The summed E-state index contributed by atoms with van der Waals surface area (Å²) in [5, 5.41) is 52.6. The van der Waals surface area contributed by atoms with Crippen LogP contribution in [0.15, 0.2) is 58.8 Å². The third-order valence-corrected chi connectivity index (χ3v) is 18.6. The Balaban J connectivity index is 0.871. The van der Waals surface area contributed by atoms with E-state index in [1.54, 1.807) is 95.2 Å². The molecule has 0 aliphatic carbocycles. The summed E-state index contributed by atoms with van der Waals surface area (Å²) in [6, 6.07) is 12.9. The van der Waals surface area contributed by atoms with E-state index in [-0.39, 0.29) is 63.8 Å². The fourth-order valence-electron chi connectivity index (χ4n) is 14.0. The Morgan fingerprint density at radius 1 is 0.559 bits per heavy atom. The van der Waals surface area contributed by atoms with Gasteiger partial charge in [0.05, 0.1) is 29.5 Å². The van der Waals surface area contributed by atoms with Crippen LogP contribution in [0.4, 0.5) is 22.7 Å². The zero-order valence-corrected chi connectivity index (χ0v) is 61.0. The molecule has 34 heteroatoms. The third kappa shape index (κ3) is 19.1. The molecule has 0 radical (unpaired) electrons. The number of azo groups is 1. The van der Waals surface area contributed by atoms with Gasteiger partial charge in [-0.15, -0.1) is 0 Å². The smallest absolute Gasteiger partial charge is 0.269 e. The third-order valence-electron chi connectivity index (χ3n) is 18.6. The number of nitrogens with one attached hydrogen (secondary N) is 3. The average molecular weight is 1450 g/mol. The Morgan fingerprint density at radius 2 is 0.951 bits per heavy atom. The summed E-state index contributed by atoms with van der Waals surface area (Å²) >= 11 is 0. The van der Waals surface area contributed by atoms with Crippen molar-refractivity contribution in [1.29, 1.82) is 0 Å². The molecule has 5 N–H and O–H groups in total. The molecule has 0 spiro atoms. The van der Waals surface area contributed by atoms with Crippen molar-refractivity contribution in [1.82, 2.24) is 16.0 Å². The number of aliphatic hydroxyl groups is 2. The molecule has 8 aliphatic rings. The first-order valence-corrected chi connectivity index (χ1v) is 34.5. The molecule has 8 aliphatic heterocycles. The highest BCUT2D eigenvalue weighted by Gasteiger charge is 2.62. The molecular weight excluding hydrogens is 1350 g/mol. The van der Waals surface area contributed by atoms with Crippen LogP contribution in [0.5, 0.6) is 0 Å². The number of ether oxygens (including phenoxy) is 20. The summed E-state index contributed by atoms with van der Waals surface area (Å²) in [5.41, 5.74) is 1.69. The number of fused-ring (bicyclic) bond motifs is 2. The number of benzene rings is 2. The first-order chi connectivity index (χ1) is 48.0. The molecule has 10 rings (SSSR count). The molecule has 0 aromatic heterocycles. The molecule has 8 fully saturated rings. The van der Waals surface area contributed by atoms with Crippen LogP contribution in [-0.4, -0.2) is 265 Å². The molecular formula is C68H103N7O27. The lowest BCUT2D eigenvalue weighted by molar-refractivity contribution is -0.384. The second kappa shape index (κ2) is 32.5. The minimum absolute atomic E-state index is 0.0228. The van der Waals surface area contributed by atoms with Crippen LogP contribution in [0.2, 0.25) is 0 Å². The monoisotopic (exact) mass is 1450 g/mol. The Bertz CT molecular complexity index is 3040. The molecule has 102 heavy (non-hydrogen) atoms. The summed E-state index contributed by atoms with van der Waals surface area (Å²) in [4.78, 5) is 56.5. The predicted molar refractivity (Wildman–Crippen MR) is 353 cm³/mol. The normalized spacial score (nSPS) is 33.2. The van der Waals surface area contributed by atoms with E-state index in [0.717, 1.165) is 5.69 Å². The number of nitrogens with zero attached hydrogens (tertiary/aromatic N) is 4. The lowest BCUT2D eigenvalue weighted by Gasteiger charge is -2.43. The van der Waals surface area contributed by atoms with E-state index in [0.29, 0.717) is 17.9 Å². The highest BCUT2D eigenvalue weighted by Crippen LogP contribution is 2.45. The number of carbonyl (C=O) groups excluding carboxylic acids is 3. The molecule has 0 saturated carbocycles. The van der Waals surface area contributed by atoms with Crippen molar-refractivity contribution >= 4 is 40.5 Å². The van der Waals surface area contributed by atoms with Crippen molar-refractivity contribution < 1.29 is 124 Å². The van der Waals surface area contributed by atoms with Crippen molar-refractivity contribution in [3.63, 3.8) is 0 Å². The zero-order chi connectivity index (χ0) is 74.0. The fourth-order valence-corrected chi connectivity index (χ4v) is 14.0. The van der Waals surface area contributed by atoms with Gasteiger partial charge in [0.15, 0.2) is 59.9 Å². The molecule has 2 aromatic carbocycles. The van der Waals surface area contributed by atoms with Crippen LogP contribution in [0.3, 0.4) is 0 Å². The number of amides is 3. The van der Waals surface area contributed by atoms with Gasteiger partial charge >= 0.3 is 0 Å². The number of carbonyl (C=O) groups is 3. The zero-order valence-electron chi connectivity index (χ0n) is 61.0. The van der Waals surface area contributed by atoms with Gasteiger partial charge in [-0.1, -0.05) is 0 Å². The number of hydrogen-bond donors (Lipinski definition) is 5. The van der Waals surface area contributed by atoms with Crippen LogP contribution in [0.25, 0.3) is 0 Å². The lowest BCUT2D eigenvalue weighted by Crippen LogP contribution is -2.62. The molecule has 8 heterocycles. The van der Waals surface area contributed by atoms with E-state index in [4.69, 9.17) is 94.7 Å². The van der Waals surface area contributed by atoms with Gasteiger partial charge in [-0.3, -0.25) is 24.5 Å². The van der Waals surface area contributed by atoms with Crippen molar-refractivity contribution in [3.05, 3.63) is 58.6 Å². The van der Waals surface area contributed by atoms with E-state index < -0.39 is 180 Å². The molecule has 18 atom stereocenters. The van der Waals surface area contributed by atoms with E-state index in [2.05, 4.69) is 26.2 Å². The minimum atomic E-state index is -1.51. The highest BCUT2D eigenvalue weighted by atomic mass is 16.8. The second-order valence-electron chi connectivity index (χ2n) is 28.9. The average Bonchev–Trinajstić information content (AvgIpc) is 1.61. The quantitative estimate of drug-likeness (QED) is 0.0233. The van der Waals surface area contributed by atoms with Crippen LogP contribution >= 0.6 is 0 Å². The van der Waals surface area contributed by atoms with E-state index in [1.807, 2.05) is 24.0 Å². The first-order valence-electron chi connectivity index (χ1n) is 34.5. The Morgan fingerprint density at radius 3 is 1.33 bits per heavy atom. The predicted octanol–water partition coefficient (Wildman–Crippen LogP) is 4.14. The topological polar surface area (TPSA) is 383 Å². The first kappa shape index (κ1) is 79.3. The van der Waals surface area contributed by atoms with E-state index in [1.165, 1.54) is 52.7 Å². The number of nitro benzene ring substituents is 1. The van der Waals surface area contributed by atoms with Crippen molar-refractivity contribution in [2.45, 2.75) is 260 Å². The maximum atomic E-state index is 15.0. The standard InChI is InChI=1S/C68H103N7O27/c1-18-74(37-23-19-35(20-24-37)72-73-36-21-25-38(26-22-36)75(81)82)30-28-44(76)69-29-27-39(57(79)70-31-40-49-51(97-65(6,7)95-49)45(77)59(89-40)91-47(42-33-87-63(2,3)93-42)53-55(61(83-14)84-15)101-67(10,11)99-53)58(80)71-32-41-50-52(98-66(8,9)96-50)46(78)60(90-41)92-48(43-34-88-64(4,5)94-43)54-56(62(85-16)86-17)102-68(12,13)100-54/h19-26,39-43,45-56,59-62,77-78H,18,27-34H2,1-17H3,(H,69,76)(H,70,79)(H,71,80)/t40-,41-,42-,43-,45-,46-,47-,48-,49+,50+,51-,52-,53+,54+,55-,56-,59+,60+/m1/s1. The van der Waals surface area contributed by atoms with Gasteiger partial charge in [-0.2, -0.15) is 10.2 Å². The Labute approximate surface area is 593 Å². The van der Waals surface area contributed by atoms with Crippen LogP contribution in [0, 0.1) is 16.0 Å². The van der Waals surface area contributed by atoms with Crippen LogP contribution in [-0.2, 0) is 109 Å². The van der Waals surface area contributed by atoms with Gasteiger partial charge in [-0.05, 0) is 133 Å². The summed E-state index contributed by atoms with van der Waals surface area (Å²) in [6.07, 6.45) is -22.0. The van der Waals surface area contributed by atoms with Gasteiger partial charge in [0.25, 0.3) is 5.69 Å². The fraction of sp³-hybridized carbons (Fsp3) is 0.779. The summed E-state index contributed by atoms with van der Waals surface area (Å²) in [6.45, 7) is 22.6. The molecule has 572 valence electrons. The summed E-state index contributed by atoms with van der Waals surface area (Å²) in [7, 11) is 5.83. The summed E-state index contributed by atoms with van der Waals surface area (Å²) in [5.74, 6) is -10.4. The van der Waals surface area contributed by atoms with Crippen molar-refractivity contribution in [3.8, 4) is 0 Å². The van der Waals surface area contributed by atoms with Crippen LogP contribution in [0.1, 0.15) is 103 Å². The molecule has 34 nitrogen and oxygen atoms in total. The number of rotatable bonds is 31. The van der Waals surface area contributed by atoms with Gasteiger partial charge in [0, 0.05) is 85.4 Å². The SMILES string of the molecule is CCN(CCC(=O)NCCC(C(=O)NC[C@H]1O[C@@H](O[C@@H]([C@@H]2OC(C)(C)O[C@H]2C(OC)OC)[C@H]2COC(C)(C)O2)[C@H](O)[C@H]2OC(C)(C)O[C@H]21)C(=O)NC[C@H]1O[C@@H](O[C@@H]([C@@H]2OC(C)(C)O[C@H]2C(OC)OC)[C@H]2COC(C)(C)O2)[C@H](O)[C@H]2OC(C)(C)O[C@H]21)c1ccc(N=Nc2ccc([N+](=O)[O-])cc2)cc1. The number of nitro groups is 1. The Hall–Kier alpha value is -5.23. The van der Waals surface area contributed by atoms with Gasteiger partial charge < -0.3 is 126 Å². The van der Waals surface area contributed by atoms with E-state index in [9.17, 15) is 25.1 Å². The summed E-state index contributed by atoms with van der Waals surface area (Å²) < 4.78 is 125. The van der Waals surface area contributed by atoms with E-state index >= 15 is 9.59 Å². The number of hydrogen-bond acceptors (Lipinski definition) is 30. The number of non-ortho nitro benzene ring substituents is 1. The number of anilines is 1. The maximum absolute atomic E-state index is 15.0. The molecule has 0 unspecified atom stereocenters. The minimum Gasteiger partial charge on any atom is -0.385 e. The van der Waals surface area contributed by atoms with Gasteiger partial charge in [-0.25, -0.2) is 0 Å². The van der Waals surface area contributed by atoms with Gasteiger partial charge in [0.2, 0.25) is 17.7 Å². The number of aliphatic hydroxyl groups excluding tert-OH is 2. The van der Waals surface area contributed by atoms with Crippen molar-refractivity contribution in [2.24, 2.45) is 16.1 Å². The number of methoxy groups -OCH3 is 4. The largest absolute Gasteiger partial charge is 0.385 e. The molecule has 8 saturated heterocycles. The Kier molecular flexibility index (Phi) is 25.3. The molecule has 2 aromatic rings. The molecule has 0 bridgehead atoms. The van der Waals surface area contributed by atoms with Gasteiger partial charge in [0.1, 0.15) is 104 Å². The van der Waals surface area contributed by atoms with Crippen molar-refractivity contribution in [2.75, 3.05) is 79.3 Å². The molecule has 3 amide bonds. The van der Waals surface area contributed by atoms with Crippen LogP contribution < -0.4 is 20.9 Å².